The zero-order chi connectivity index (χ0) is 67.0. The lowest BCUT2D eigenvalue weighted by molar-refractivity contribution is -0.120. The fraction of sp³-hybridized carbons (Fsp3) is 0.597. The summed E-state index contributed by atoms with van der Waals surface area (Å²) in [6.45, 7) is 28.5. The molecule has 2 unspecified atom stereocenters. The van der Waals surface area contributed by atoms with E-state index in [9.17, 15) is 19.2 Å². The van der Waals surface area contributed by atoms with E-state index in [0.29, 0.717) is 77.6 Å². The van der Waals surface area contributed by atoms with Crippen LogP contribution >= 0.6 is 0 Å². The van der Waals surface area contributed by atoms with Gasteiger partial charge in [-0.2, -0.15) is 9.97 Å². The summed E-state index contributed by atoms with van der Waals surface area (Å²) >= 11 is 0. The standard InChI is InChI=1S/C72H96F2N10O9Si/c1-45(2)94(46(3)4,47(5)6)34-22-56-59(73)18-15-50-35-54(92-44-89-11)37-57(62(50)56)64-63(74)65-58(38-75-64)66(82-40-52-16-17-53(41-82)84(52)70(88)93-71(8,9)10)78-68(77-65)91-43-55(90-12)42-80-32-30-79(31-33-80)39-49-19-23-72(24-20-49)25-28-81(29-26-72)67(86)51-14-13-48(7)60(36-51)83-27-21-61(85)76-69(83)87/h13-15,18,35-38,45-47,49,52-53,55H,16-17,19-21,23-33,39-44H2,1-12H3,(H,76,85,87)/t52?,53?,55-/m0/s1. The first-order valence-corrected chi connectivity index (χ1v) is 36.3. The average Bonchev–Trinajstić information content (AvgIpc) is 1.12. The van der Waals surface area contributed by atoms with Crippen LogP contribution in [0.2, 0.25) is 16.6 Å². The Labute approximate surface area is 553 Å². The number of carbonyl (C=O) groups is 4. The second kappa shape index (κ2) is 28.3. The van der Waals surface area contributed by atoms with Crippen molar-refractivity contribution in [3.8, 4) is 34.5 Å². The van der Waals surface area contributed by atoms with Crippen LogP contribution in [0.5, 0.6) is 11.8 Å². The SMILES string of the molecule is COCOc1cc(-c2ncc3c(N4CC5CCC(C4)N5C(=O)OC(C)(C)C)nc(OC[C@H](CN4CCN(CC5CCC6(CC5)CCN(C(=O)c5ccc(C)c(N7CCC(=O)NC7=O)c5)CC6)CC4)OC)nc3c2F)c2c(C#C[Si](C(C)C)(C(C)C)C(C)C)c(F)ccc2c1. The molecule has 1 aliphatic carbocycles. The predicted molar refractivity (Wildman–Crippen MR) is 363 cm³/mol. The molecule has 1 saturated carbocycles. The number of rotatable bonds is 18. The van der Waals surface area contributed by atoms with E-state index in [1.54, 1.807) is 42.5 Å². The molecule has 6 aliphatic rings. The van der Waals surface area contributed by atoms with Gasteiger partial charge in [-0.15, -0.1) is 5.54 Å². The molecule has 2 bridgehead atoms. The number of imide groups is 1. The van der Waals surface area contributed by atoms with Crippen molar-refractivity contribution in [1.82, 2.24) is 39.9 Å². The summed E-state index contributed by atoms with van der Waals surface area (Å²) in [5, 5.41) is 3.74. The van der Waals surface area contributed by atoms with Crippen molar-refractivity contribution >= 4 is 65.2 Å². The van der Waals surface area contributed by atoms with Gasteiger partial charge in [0.1, 0.15) is 55.0 Å². The molecule has 2 aromatic heterocycles. The van der Waals surface area contributed by atoms with Crippen molar-refractivity contribution in [3.63, 3.8) is 0 Å². The normalized spacial score (nSPS) is 20.4. The van der Waals surface area contributed by atoms with Gasteiger partial charge in [-0.25, -0.2) is 18.4 Å². The molecular formula is C72H96F2N10O9Si. The quantitative estimate of drug-likeness (QED) is 0.0496. The van der Waals surface area contributed by atoms with E-state index >= 15 is 8.78 Å². The molecule has 5 saturated heterocycles. The number of piperazine rings is 2. The van der Waals surface area contributed by atoms with E-state index in [2.05, 4.69) is 73.0 Å². The molecule has 22 heteroatoms. The van der Waals surface area contributed by atoms with Crippen LogP contribution in [0, 0.1) is 41.4 Å². The third-order valence-electron chi connectivity index (χ3n) is 21.2. The van der Waals surface area contributed by atoms with E-state index < -0.39 is 31.3 Å². The number of methoxy groups -OCH3 is 2. The number of ether oxygens (including phenoxy) is 5. The van der Waals surface area contributed by atoms with Gasteiger partial charge in [0.15, 0.2) is 12.6 Å². The van der Waals surface area contributed by atoms with Gasteiger partial charge in [-0.1, -0.05) is 59.6 Å². The van der Waals surface area contributed by atoms with Crippen LogP contribution in [0.1, 0.15) is 142 Å². The van der Waals surface area contributed by atoms with E-state index in [4.69, 9.17) is 38.6 Å². The molecule has 11 rings (SSSR count). The van der Waals surface area contributed by atoms with E-state index in [-0.39, 0.29) is 113 Å². The molecule has 6 fully saturated rings. The van der Waals surface area contributed by atoms with Gasteiger partial charge in [0.2, 0.25) is 5.91 Å². The van der Waals surface area contributed by atoms with Gasteiger partial charge in [-0.05, 0) is 148 Å². The highest BCUT2D eigenvalue weighted by Gasteiger charge is 2.46. The molecule has 5 amide bonds. The Morgan fingerprint density at radius 1 is 0.819 bits per heavy atom. The Morgan fingerprint density at radius 3 is 2.14 bits per heavy atom. The van der Waals surface area contributed by atoms with E-state index in [0.717, 1.165) is 76.8 Å². The summed E-state index contributed by atoms with van der Waals surface area (Å²) < 4.78 is 64.7. The van der Waals surface area contributed by atoms with Crippen molar-refractivity contribution in [2.24, 2.45) is 11.3 Å². The molecule has 19 nitrogen and oxygen atoms in total. The van der Waals surface area contributed by atoms with E-state index in [1.807, 2.05) is 49.6 Å². The smallest absolute Gasteiger partial charge is 0.410 e. The topological polar surface area (TPSA) is 185 Å². The first kappa shape index (κ1) is 68.4. The zero-order valence-electron chi connectivity index (χ0n) is 57.2. The number of fused-ring (bicyclic) bond motifs is 4. The first-order valence-electron chi connectivity index (χ1n) is 34.0. The molecule has 3 aromatic carbocycles. The number of hydrogen-bond acceptors (Lipinski definition) is 15. The van der Waals surface area contributed by atoms with Gasteiger partial charge in [0.05, 0.1) is 23.0 Å². The number of carbonyl (C=O) groups excluding carboxylic acids is 4. The molecule has 506 valence electrons. The second-order valence-corrected chi connectivity index (χ2v) is 34.7. The van der Waals surface area contributed by atoms with Crippen LogP contribution in [0.3, 0.4) is 0 Å². The molecule has 5 aliphatic heterocycles. The highest BCUT2D eigenvalue weighted by molar-refractivity contribution is 6.90. The lowest BCUT2D eigenvalue weighted by atomic mass is 9.65. The van der Waals surface area contributed by atoms with Crippen LogP contribution in [0.15, 0.2) is 48.7 Å². The molecule has 1 spiro atoms. The van der Waals surface area contributed by atoms with Crippen molar-refractivity contribution in [2.75, 3.05) is 109 Å². The van der Waals surface area contributed by atoms with Crippen LogP contribution in [-0.4, -0.2) is 190 Å². The minimum atomic E-state index is -2.37. The number of pyridine rings is 1. The lowest BCUT2D eigenvalue weighted by Gasteiger charge is -2.47. The third-order valence-corrected chi connectivity index (χ3v) is 27.5. The second-order valence-electron chi connectivity index (χ2n) is 29.1. The average molecular weight is 1310 g/mol. The van der Waals surface area contributed by atoms with Crippen LogP contribution in [-0.2, 0) is 19.0 Å². The maximum absolute atomic E-state index is 18.3. The number of halogens is 2. The molecule has 1 N–H and O–H groups in total. The van der Waals surface area contributed by atoms with Gasteiger partial charge in [0, 0.05) is 121 Å². The van der Waals surface area contributed by atoms with Crippen LogP contribution in [0.4, 0.5) is 29.9 Å². The van der Waals surface area contributed by atoms with Gasteiger partial charge >= 0.3 is 18.1 Å². The molecule has 94 heavy (non-hydrogen) atoms. The Balaban J connectivity index is 0.780. The molecule has 7 heterocycles. The fourth-order valence-electron chi connectivity index (χ4n) is 16.1. The number of anilines is 2. The number of nitrogens with zero attached hydrogens (tertiary/aromatic N) is 9. The Morgan fingerprint density at radius 2 is 1.50 bits per heavy atom. The Hall–Kier alpha value is -7.03. The number of nitrogens with one attached hydrogen (secondary N) is 1. The van der Waals surface area contributed by atoms with Gasteiger partial charge in [0.25, 0.3) is 5.91 Å². The summed E-state index contributed by atoms with van der Waals surface area (Å²) in [4.78, 5) is 79.2. The van der Waals surface area contributed by atoms with Crippen LogP contribution < -0.4 is 24.6 Å². The number of amides is 5. The minimum absolute atomic E-state index is 0.0171. The molecule has 3 atom stereocenters. The number of aryl methyl sites for hydroxylation is 1. The van der Waals surface area contributed by atoms with Gasteiger partial charge in [-0.3, -0.25) is 34.6 Å². The molecule has 5 aromatic rings. The van der Waals surface area contributed by atoms with Crippen molar-refractivity contribution in [1.29, 1.82) is 0 Å². The van der Waals surface area contributed by atoms with Crippen LogP contribution in [0.25, 0.3) is 32.9 Å². The fourth-order valence-corrected chi connectivity index (χ4v) is 21.3. The summed E-state index contributed by atoms with van der Waals surface area (Å²) in [7, 11) is 0.819. The zero-order valence-corrected chi connectivity index (χ0v) is 58.2. The third kappa shape index (κ3) is 14.4. The number of piperidine rings is 1. The number of benzene rings is 3. The summed E-state index contributed by atoms with van der Waals surface area (Å²) in [5.41, 5.74) is 6.57. The predicted octanol–water partition coefficient (Wildman–Crippen LogP) is 12.1. The lowest BCUT2D eigenvalue weighted by Crippen LogP contribution is -2.57. The molecule has 0 radical (unpaired) electrons. The monoisotopic (exact) mass is 1310 g/mol. The highest BCUT2D eigenvalue weighted by Crippen LogP contribution is 2.48. The van der Waals surface area contributed by atoms with Gasteiger partial charge < -0.3 is 38.4 Å². The number of aromatic nitrogens is 3. The minimum Gasteiger partial charge on any atom is -0.468 e. The first-order chi connectivity index (χ1) is 44.9. The maximum Gasteiger partial charge on any atom is 0.410 e. The Bertz CT molecular complexity index is 3660. The number of likely N-dealkylation sites (tertiary alicyclic amines) is 1. The number of hydrogen-bond donors (Lipinski definition) is 1. The maximum atomic E-state index is 18.3. The Kier molecular flexibility index (Phi) is 20.6. The van der Waals surface area contributed by atoms with Crippen molar-refractivity contribution < 1.29 is 51.6 Å². The molecular weight excluding hydrogens is 1210 g/mol. The largest absolute Gasteiger partial charge is 0.468 e. The number of urea groups is 1. The summed E-state index contributed by atoms with van der Waals surface area (Å²) in [6.07, 6.45) is 9.24. The van der Waals surface area contributed by atoms with E-state index in [1.165, 1.54) is 26.0 Å². The summed E-state index contributed by atoms with van der Waals surface area (Å²) in [6, 6.07) is 11.2. The van der Waals surface area contributed by atoms with Crippen molar-refractivity contribution in [3.05, 3.63) is 77.0 Å². The highest BCUT2D eigenvalue weighted by atomic mass is 28.3. The van der Waals surface area contributed by atoms with Crippen molar-refractivity contribution in [2.45, 2.75) is 167 Å². The summed E-state index contributed by atoms with van der Waals surface area (Å²) in [5.74, 6) is 3.20.